The third-order valence-electron chi connectivity index (χ3n) is 7.83. The summed E-state index contributed by atoms with van der Waals surface area (Å²) in [5, 5.41) is 0.397. The normalized spacial score (nSPS) is 16.3. The Labute approximate surface area is 272 Å². The van der Waals surface area contributed by atoms with E-state index in [4.69, 9.17) is 54.7 Å². The summed E-state index contributed by atoms with van der Waals surface area (Å²) in [6.07, 6.45) is -3.08. The van der Waals surface area contributed by atoms with Gasteiger partial charge in [-0.15, -0.1) is 0 Å². The number of halogens is 6. The predicted octanol–water partition coefficient (Wildman–Crippen LogP) is 7.34. The number of benzene rings is 3. The lowest BCUT2D eigenvalue weighted by Gasteiger charge is -2.35. The number of nitrogens with two attached hydrogens (primary N) is 1. The van der Waals surface area contributed by atoms with E-state index in [1.165, 1.54) is 12.1 Å². The Hall–Kier alpha value is -3.44. The van der Waals surface area contributed by atoms with E-state index in [1.807, 2.05) is 4.90 Å². The number of carbonyl (C=O) groups excluding carboxylic acids is 2. The lowest BCUT2D eigenvalue weighted by atomic mass is 9.92. The van der Waals surface area contributed by atoms with Gasteiger partial charge in [-0.05, 0) is 60.7 Å². The number of hydrogen-bond acceptors (Lipinski definition) is 6. The highest BCUT2D eigenvalue weighted by Crippen LogP contribution is 2.45. The van der Waals surface area contributed by atoms with E-state index >= 15 is 0 Å². The third kappa shape index (κ3) is 7.52. The maximum atomic E-state index is 13.5. The first-order chi connectivity index (χ1) is 21.4. The monoisotopic (exact) mass is 682 g/mol. The van der Waals surface area contributed by atoms with Crippen molar-refractivity contribution in [2.45, 2.75) is 37.6 Å². The molecule has 7 nitrogen and oxygen atoms in total. The van der Waals surface area contributed by atoms with E-state index in [0.29, 0.717) is 52.9 Å². The molecule has 13 heteroatoms. The van der Waals surface area contributed by atoms with Gasteiger partial charge in [0.15, 0.2) is 0 Å². The fourth-order valence-electron chi connectivity index (χ4n) is 5.26. The smallest absolute Gasteiger partial charge is 0.417 e. The van der Waals surface area contributed by atoms with Crippen molar-refractivity contribution in [2.24, 2.45) is 5.73 Å². The van der Waals surface area contributed by atoms with Gasteiger partial charge in [0.2, 0.25) is 5.91 Å². The molecule has 0 aromatic heterocycles. The minimum atomic E-state index is -4.66. The van der Waals surface area contributed by atoms with E-state index in [-0.39, 0.29) is 30.9 Å². The first-order valence-electron chi connectivity index (χ1n) is 14.0. The summed E-state index contributed by atoms with van der Waals surface area (Å²) >= 11 is 18.1. The summed E-state index contributed by atoms with van der Waals surface area (Å²) in [7, 11) is 0. The molecule has 45 heavy (non-hydrogen) atoms. The zero-order valence-electron chi connectivity index (χ0n) is 23.8. The Bertz CT molecular complexity index is 1630. The van der Waals surface area contributed by atoms with Crippen molar-refractivity contribution in [3.8, 4) is 11.5 Å². The van der Waals surface area contributed by atoms with Gasteiger partial charge in [0, 0.05) is 29.7 Å². The van der Waals surface area contributed by atoms with Crippen molar-refractivity contribution < 1.29 is 37.0 Å². The van der Waals surface area contributed by atoms with Crippen molar-refractivity contribution in [1.29, 1.82) is 0 Å². The summed E-state index contributed by atoms with van der Waals surface area (Å²) < 4.78 is 56.9. The maximum Gasteiger partial charge on any atom is 0.417 e. The van der Waals surface area contributed by atoms with E-state index in [9.17, 15) is 22.8 Å². The maximum absolute atomic E-state index is 13.5. The van der Waals surface area contributed by atoms with Crippen LogP contribution >= 0.6 is 34.8 Å². The Balaban J connectivity index is 1.31. The molecule has 1 saturated carbocycles. The van der Waals surface area contributed by atoms with Crippen molar-refractivity contribution in [2.75, 3.05) is 26.3 Å². The summed E-state index contributed by atoms with van der Waals surface area (Å²) in [5.41, 5.74) is 5.59. The first-order valence-corrected chi connectivity index (χ1v) is 15.1. The van der Waals surface area contributed by atoms with Crippen LogP contribution in [-0.2, 0) is 27.1 Å². The third-order valence-corrected chi connectivity index (χ3v) is 8.82. The number of esters is 1. The highest BCUT2D eigenvalue weighted by Gasteiger charge is 2.54. The van der Waals surface area contributed by atoms with Crippen molar-refractivity contribution in [3.63, 3.8) is 0 Å². The van der Waals surface area contributed by atoms with Crippen molar-refractivity contribution in [3.05, 3.63) is 98.0 Å². The first kappa shape index (κ1) is 32.9. The molecule has 3 aromatic carbocycles. The molecule has 0 saturated heterocycles. The highest BCUT2D eigenvalue weighted by atomic mass is 35.5. The summed E-state index contributed by atoms with van der Waals surface area (Å²) in [5.74, 6) is -0.176. The quantitative estimate of drug-likeness (QED) is 0.168. The van der Waals surface area contributed by atoms with Crippen LogP contribution in [0.15, 0.2) is 66.2 Å². The lowest BCUT2D eigenvalue weighted by Crippen LogP contribution is -2.50. The van der Waals surface area contributed by atoms with Crippen LogP contribution in [0.2, 0.25) is 15.1 Å². The van der Waals surface area contributed by atoms with E-state index in [1.54, 1.807) is 42.5 Å². The summed E-state index contributed by atoms with van der Waals surface area (Å²) in [6.45, 7) is 0.556. The zero-order chi connectivity index (χ0) is 32.4. The number of primary amides is 1. The number of ether oxygens (including phenoxy) is 3. The number of carbonyl (C=O) groups is 2. The molecule has 1 heterocycles. The van der Waals surface area contributed by atoms with Crippen molar-refractivity contribution >= 4 is 52.3 Å². The molecular weight excluding hydrogens is 656 g/mol. The Morgan fingerprint density at radius 2 is 1.67 bits per heavy atom. The Morgan fingerprint density at radius 1 is 0.956 bits per heavy atom. The van der Waals surface area contributed by atoms with Crippen LogP contribution in [0.25, 0.3) is 5.57 Å². The van der Waals surface area contributed by atoms with E-state index in [0.717, 1.165) is 11.6 Å². The summed E-state index contributed by atoms with van der Waals surface area (Å²) in [4.78, 5) is 27.6. The van der Waals surface area contributed by atoms with Gasteiger partial charge in [0.25, 0.3) is 0 Å². The van der Waals surface area contributed by atoms with Crippen LogP contribution in [0.3, 0.4) is 0 Å². The van der Waals surface area contributed by atoms with Crippen LogP contribution < -0.4 is 15.2 Å². The van der Waals surface area contributed by atoms with Gasteiger partial charge >= 0.3 is 12.1 Å². The number of hydrogen-bond donors (Lipinski definition) is 1. The van der Waals surface area contributed by atoms with Gasteiger partial charge in [0.05, 0.1) is 21.2 Å². The number of alkyl halides is 3. The number of nitrogens with zero attached hydrogens (tertiary/aromatic N) is 1. The fraction of sp³-hybridized carbons (Fsp3) is 0.312. The molecule has 0 atom stereocenters. The molecule has 5 rings (SSSR count). The van der Waals surface area contributed by atoms with Gasteiger partial charge < -0.3 is 19.9 Å². The average molecular weight is 684 g/mol. The predicted molar refractivity (Wildman–Crippen MR) is 164 cm³/mol. The molecule has 1 aliphatic heterocycles. The molecule has 0 bridgehead atoms. The zero-order valence-corrected chi connectivity index (χ0v) is 26.0. The molecule has 3 aromatic rings. The van der Waals surface area contributed by atoms with Gasteiger partial charge in [-0.2, -0.15) is 13.2 Å². The molecule has 2 aliphatic rings. The second-order valence-corrected chi connectivity index (χ2v) is 11.9. The summed E-state index contributed by atoms with van der Waals surface area (Å²) in [6, 6.07) is 15.4. The second-order valence-electron chi connectivity index (χ2n) is 10.7. The molecule has 238 valence electrons. The molecule has 1 aliphatic carbocycles. The van der Waals surface area contributed by atoms with Crippen LogP contribution in [0, 0.1) is 0 Å². The minimum absolute atomic E-state index is 0.0218. The van der Waals surface area contributed by atoms with Gasteiger partial charge in [0.1, 0.15) is 36.9 Å². The van der Waals surface area contributed by atoms with Crippen LogP contribution in [0.4, 0.5) is 13.2 Å². The Kier molecular flexibility index (Phi) is 9.88. The number of amides is 1. The van der Waals surface area contributed by atoms with Gasteiger partial charge in [-0.1, -0.05) is 59.1 Å². The second kappa shape index (κ2) is 13.5. The van der Waals surface area contributed by atoms with Crippen LogP contribution in [-0.4, -0.2) is 48.6 Å². The van der Waals surface area contributed by atoms with Gasteiger partial charge in [-0.3, -0.25) is 9.69 Å². The molecular formula is C32H28Cl3F3N2O5. The average Bonchev–Trinajstić information content (AvgIpc) is 3.82. The molecule has 0 radical (unpaired) electrons. The standard InChI is InChI=1S/C32H28Cl3F3N2O5/c33-21-6-9-26(34)27(16-21)44-15-14-43-22-7-4-19(5-8-22)23-10-13-40(31(11-12-31)30(39)42)17-24(23)29(41)45-18-20-2-1-3-25(28(20)35)32(36,37)38/h1-9,16H,10-15,17-18H2,(H2,39,42). The molecule has 2 N–H and O–H groups in total. The topological polar surface area (TPSA) is 91.1 Å². The largest absolute Gasteiger partial charge is 0.490 e. The van der Waals surface area contributed by atoms with E-state index in [2.05, 4.69) is 0 Å². The van der Waals surface area contributed by atoms with E-state index < -0.39 is 40.8 Å². The number of rotatable bonds is 11. The van der Waals surface area contributed by atoms with Crippen molar-refractivity contribution in [1.82, 2.24) is 4.90 Å². The van der Waals surface area contributed by atoms with Gasteiger partial charge in [-0.25, -0.2) is 4.79 Å². The Morgan fingerprint density at radius 3 is 2.33 bits per heavy atom. The van der Waals surface area contributed by atoms with Crippen LogP contribution in [0.5, 0.6) is 11.5 Å². The molecule has 1 fully saturated rings. The molecule has 1 amide bonds. The molecule has 0 spiro atoms. The molecule has 0 unspecified atom stereocenters. The fourth-order valence-corrected chi connectivity index (χ4v) is 5.89. The lowest BCUT2D eigenvalue weighted by molar-refractivity contribution is -0.141. The van der Waals surface area contributed by atoms with Crippen LogP contribution in [0.1, 0.15) is 36.0 Å². The SMILES string of the molecule is NC(=O)C1(N2CCC(c3ccc(OCCOc4cc(Cl)ccc4Cl)cc3)=C(C(=O)OCc3cccc(C(F)(F)F)c3Cl)C2)CC1. The minimum Gasteiger partial charge on any atom is -0.490 e. The highest BCUT2D eigenvalue weighted by molar-refractivity contribution is 6.34.